The van der Waals surface area contributed by atoms with Crippen LogP contribution in [0.4, 0.5) is 0 Å². The Balaban J connectivity index is 1.50. The largest absolute Gasteiger partial charge is 0.493 e. The van der Waals surface area contributed by atoms with Crippen LogP contribution in [0.15, 0.2) is 47.3 Å². The van der Waals surface area contributed by atoms with Gasteiger partial charge in [0.2, 0.25) is 0 Å². The Hall–Kier alpha value is -3.28. The van der Waals surface area contributed by atoms with Gasteiger partial charge in [0.25, 0.3) is 11.5 Å². The molecular formula is C22H22N2O4. The zero-order valence-electron chi connectivity index (χ0n) is 16.0. The molecule has 0 atom stereocenters. The van der Waals surface area contributed by atoms with E-state index in [0.717, 1.165) is 22.9 Å². The lowest BCUT2D eigenvalue weighted by Gasteiger charge is -2.29. The maximum absolute atomic E-state index is 12.6. The van der Waals surface area contributed by atoms with Crippen LogP contribution in [-0.4, -0.2) is 36.1 Å². The second kappa shape index (κ2) is 7.38. The molecule has 144 valence electrons. The van der Waals surface area contributed by atoms with Gasteiger partial charge in [-0.2, -0.15) is 0 Å². The molecule has 0 aliphatic carbocycles. The molecule has 1 aliphatic heterocycles. The Morgan fingerprint density at radius 2 is 1.93 bits per heavy atom. The van der Waals surface area contributed by atoms with Crippen molar-refractivity contribution in [1.29, 1.82) is 0 Å². The fraction of sp³-hybridized carbons (Fsp3) is 0.273. The van der Waals surface area contributed by atoms with E-state index in [1.165, 1.54) is 5.56 Å². The average Bonchev–Trinajstić information content (AvgIpc) is 2.71. The molecule has 0 fully saturated rings. The molecule has 0 unspecified atom stereocenters. The second-order valence-electron chi connectivity index (χ2n) is 6.99. The van der Waals surface area contributed by atoms with E-state index in [1.54, 1.807) is 31.1 Å². The number of aryl methyl sites for hydroxylation is 1. The van der Waals surface area contributed by atoms with E-state index < -0.39 is 0 Å². The van der Waals surface area contributed by atoms with E-state index in [4.69, 9.17) is 9.47 Å². The van der Waals surface area contributed by atoms with Crippen molar-refractivity contribution in [3.63, 3.8) is 0 Å². The minimum Gasteiger partial charge on any atom is -0.493 e. The van der Waals surface area contributed by atoms with Gasteiger partial charge in [-0.15, -0.1) is 0 Å². The molecule has 2 aromatic carbocycles. The van der Waals surface area contributed by atoms with Gasteiger partial charge < -0.3 is 19.4 Å². The van der Waals surface area contributed by atoms with Crippen LogP contribution in [0.25, 0.3) is 10.9 Å². The van der Waals surface area contributed by atoms with Crippen LogP contribution in [0.2, 0.25) is 0 Å². The molecule has 4 rings (SSSR count). The number of carbonyl (C=O) groups excluding carboxylic acids is 1. The maximum Gasteiger partial charge on any atom is 0.260 e. The van der Waals surface area contributed by atoms with Crippen LogP contribution in [0.5, 0.6) is 11.5 Å². The number of rotatable bonds is 4. The summed E-state index contributed by atoms with van der Waals surface area (Å²) in [5.74, 6) is 1.08. The summed E-state index contributed by atoms with van der Waals surface area (Å²) < 4.78 is 10.9. The van der Waals surface area contributed by atoms with Crippen molar-refractivity contribution < 1.29 is 14.3 Å². The van der Waals surface area contributed by atoms with Gasteiger partial charge in [0.05, 0.1) is 7.11 Å². The fourth-order valence-corrected chi connectivity index (χ4v) is 3.56. The topological polar surface area (TPSA) is 71.6 Å². The minimum atomic E-state index is -0.0820. The molecule has 0 bridgehead atoms. The highest BCUT2D eigenvalue weighted by molar-refractivity contribution is 5.82. The smallest absolute Gasteiger partial charge is 0.260 e. The first-order valence-corrected chi connectivity index (χ1v) is 9.24. The zero-order valence-corrected chi connectivity index (χ0v) is 16.0. The van der Waals surface area contributed by atoms with Crippen molar-refractivity contribution in [3.05, 3.63) is 69.5 Å². The number of para-hydroxylation sites is 2. The quantitative estimate of drug-likeness (QED) is 0.758. The summed E-state index contributed by atoms with van der Waals surface area (Å²) in [7, 11) is 1.57. The molecule has 1 N–H and O–H groups in total. The molecule has 2 heterocycles. The maximum atomic E-state index is 12.6. The summed E-state index contributed by atoms with van der Waals surface area (Å²) in [6.07, 6.45) is 0.782. The van der Waals surface area contributed by atoms with Gasteiger partial charge in [-0.1, -0.05) is 12.1 Å². The van der Waals surface area contributed by atoms with Crippen molar-refractivity contribution in [2.75, 3.05) is 20.3 Å². The van der Waals surface area contributed by atoms with Gasteiger partial charge >= 0.3 is 0 Å². The number of hydrogen-bond donors (Lipinski definition) is 1. The summed E-state index contributed by atoms with van der Waals surface area (Å²) in [6, 6.07) is 13.3. The number of nitrogens with one attached hydrogen (secondary N) is 1. The number of nitrogens with zero attached hydrogens (tertiary/aromatic N) is 1. The predicted molar refractivity (Wildman–Crippen MR) is 107 cm³/mol. The highest BCUT2D eigenvalue weighted by Crippen LogP contribution is 2.27. The minimum absolute atomic E-state index is 0.0423. The summed E-state index contributed by atoms with van der Waals surface area (Å²) in [6.45, 7) is 2.92. The van der Waals surface area contributed by atoms with E-state index in [9.17, 15) is 9.59 Å². The summed E-state index contributed by atoms with van der Waals surface area (Å²) in [5.41, 5.74) is 3.70. The molecule has 3 aromatic rings. The number of aromatic amines is 1. The van der Waals surface area contributed by atoms with E-state index in [-0.39, 0.29) is 18.1 Å². The van der Waals surface area contributed by atoms with Crippen molar-refractivity contribution >= 4 is 16.8 Å². The second-order valence-corrected chi connectivity index (χ2v) is 6.99. The number of benzene rings is 2. The van der Waals surface area contributed by atoms with E-state index in [1.807, 2.05) is 24.3 Å². The third kappa shape index (κ3) is 3.45. The SMILES string of the molecule is COc1ccccc1OCC(=O)N1CCc2cc3cc(C)c(=O)[nH]c3cc2C1. The Morgan fingerprint density at radius 3 is 2.71 bits per heavy atom. The van der Waals surface area contributed by atoms with Gasteiger partial charge in [-0.3, -0.25) is 9.59 Å². The number of fused-ring (bicyclic) bond motifs is 2. The lowest BCUT2D eigenvalue weighted by atomic mass is 9.97. The number of carbonyl (C=O) groups is 1. The van der Waals surface area contributed by atoms with Crippen LogP contribution >= 0.6 is 0 Å². The third-order valence-electron chi connectivity index (χ3n) is 5.14. The molecule has 0 spiro atoms. The molecule has 6 heteroatoms. The molecule has 0 saturated carbocycles. The van der Waals surface area contributed by atoms with E-state index >= 15 is 0 Å². The van der Waals surface area contributed by atoms with Crippen LogP contribution in [0.3, 0.4) is 0 Å². The molecule has 1 aliphatic rings. The number of methoxy groups -OCH3 is 1. The summed E-state index contributed by atoms with van der Waals surface area (Å²) in [5, 5.41) is 1.02. The zero-order chi connectivity index (χ0) is 19.7. The molecular weight excluding hydrogens is 356 g/mol. The predicted octanol–water partition coefficient (Wildman–Crippen LogP) is 2.81. The van der Waals surface area contributed by atoms with Crippen molar-refractivity contribution in [3.8, 4) is 11.5 Å². The monoisotopic (exact) mass is 378 g/mol. The molecule has 6 nitrogen and oxygen atoms in total. The van der Waals surface area contributed by atoms with E-state index in [2.05, 4.69) is 11.1 Å². The number of pyridine rings is 1. The van der Waals surface area contributed by atoms with Gasteiger partial charge in [0.1, 0.15) is 0 Å². The Kier molecular flexibility index (Phi) is 4.77. The number of hydrogen-bond acceptors (Lipinski definition) is 4. The van der Waals surface area contributed by atoms with E-state index in [0.29, 0.717) is 30.2 Å². The van der Waals surface area contributed by atoms with Gasteiger partial charge in [-0.25, -0.2) is 0 Å². The molecule has 1 aromatic heterocycles. The van der Waals surface area contributed by atoms with Gasteiger partial charge in [-0.05, 0) is 60.2 Å². The Morgan fingerprint density at radius 1 is 1.14 bits per heavy atom. The number of ether oxygens (including phenoxy) is 2. The first-order valence-electron chi connectivity index (χ1n) is 9.24. The van der Waals surface area contributed by atoms with Gasteiger partial charge in [0, 0.05) is 24.2 Å². The van der Waals surface area contributed by atoms with Crippen LogP contribution in [-0.2, 0) is 17.8 Å². The van der Waals surface area contributed by atoms with Crippen LogP contribution in [0.1, 0.15) is 16.7 Å². The average molecular weight is 378 g/mol. The van der Waals surface area contributed by atoms with Crippen LogP contribution < -0.4 is 15.0 Å². The number of H-pyrrole nitrogens is 1. The lowest BCUT2D eigenvalue weighted by molar-refractivity contribution is -0.134. The summed E-state index contributed by atoms with van der Waals surface area (Å²) in [4.78, 5) is 29.2. The first-order chi connectivity index (χ1) is 13.5. The molecule has 0 radical (unpaired) electrons. The Labute approximate surface area is 162 Å². The number of amides is 1. The molecule has 0 saturated heterocycles. The first kappa shape index (κ1) is 18.1. The molecule has 1 amide bonds. The molecule has 28 heavy (non-hydrogen) atoms. The fourth-order valence-electron chi connectivity index (χ4n) is 3.56. The van der Waals surface area contributed by atoms with Crippen molar-refractivity contribution in [2.24, 2.45) is 0 Å². The third-order valence-corrected chi connectivity index (χ3v) is 5.14. The standard InChI is InChI=1S/C22H22N2O4/c1-14-9-16-10-15-7-8-24(12-17(15)11-18(16)23-22(14)26)21(25)13-28-20-6-4-3-5-19(20)27-2/h3-6,9-11H,7-8,12-13H2,1-2H3,(H,23,26). The van der Waals surface area contributed by atoms with Gasteiger partial charge in [0.15, 0.2) is 18.1 Å². The van der Waals surface area contributed by atoms with Crippen LogP contribution in [0, 0.1) is 6.92 Å². The lowest BCUT2D eigenvalue weighted by Crippen LogP contribution is -2.38. The van der Waals surface area contributed by atoms with Crippen molar-refractivity contribution in [2.45, 2.75) is 19.9 Å². The number of aromatic nitrogens is 1. The summed E-state index contributed by atoms with van der Waals surface area (Å²) >= 11 is 0. The highest BCUT2D eigenvalue weighted by Gasteiger charge is 2.22. The Bertz CT molecular complexity index is 1100. The highest BCUT2D eigenvalue weighted by atomic mass is 16.5. The van der Waals surface area contributed by atoms with Crippen molar-refractivity contribution in [1.82, 2.24) is 9.88 Å². The normalized spacial score (nSPS) is 13.3.